The Morgan fingerprint density at radius 1 is 1.27 bits per heavy atom. The minimum Gasteiger partial charge on any atom is -0.347 e. The molecule has 1 rings (SSSR count). The van der Waals surface area contributed by atoms with Crippen LogP contribution in [0.4, 0.5) is 0 Å². The third-order valence-corrected chi connectivity index (χ3v) is 5.11. The van der Waals surface area contributed by atoms with Crippen LogP contribution in [-0.4, -0.2) is 39.4 Å². The number of hydrogen-bond donors (Lipinski definition) is 1. The molecule has 0 aromatic heterocycles. The Balaban J connectivity index is 3.15. The van der Waals surface area contributed by atoms with Gasteiger partial charge in [0.1, 0.15) is 10.9 Å². The van der Waals surface area contributed by atoms with Gasteiger partial charge in [0, 0.05) is 19.1 Å². The molecule has 0 saturated carbocycles. The van der Waals surface area contributed by atoms with Crippen molar-refractivity contribution in [2.45, 2.75) is 31.2 Å². The van der Waals surface area contributed by atoms with Gasteiger partial charge in [-0.05, 0) is 30.5 Å². The van der Waals surface area contributed by atoms with E-state index in [1.165, 1.54) is 23.1 Å². The molecular weight excluding hydrogens is 347 g/mol. The molecule has 8 heteroatoms. The zero-order valence-corrected chi connectivity index (χ0v) is 15.3. The van der Waals surface area contributed by atoms with Crippen molar-refractivity contribution in [2.24, 2.45) is 5.92 Å². The minimum absolute atomic E-state index is 0.0532. The number of amides is 1. The number of sulfonamides is 1. The van der Waals surface area contributed by atoms with E-state index in [-0.39, 0.29) is 26.8 Å². The summed E-state index contributed by atoms with van der Waals surface area (Å²) in [6.45, 7) is 3.83. The molecule has 1 N–H and O–H groups in total. The summed E-state index contributed by atoms with van der Waals surface area (Å²) in [6, 6.07) is 3.32. The summed E-state index contributed by atoms with van der Waals surface area (Å²) >= 11 is 11.8. The number of halogens is 2. The van der Waals surface area contributed by atoms with Gasteiger partial charge in [0.2, 0.25) is 15.9 Å². The van der Waals surface area contributed by atoms with Crippen LogP contribution in [0.3, 0.4) is 0 Å². The normalized spacial score (nSPS) is 13.2. The highest BCUT2D eigenvalue weighted by molar-refractivity contribution is 7.89. The van der Waals surface area contributed by atoms with Gasteiger partial charge in [-0.15, -0.1) is 0 Å². The number of carbonyl (C=O) groups is 1. The van der Waals surface area contributed by atoms with Gasteiger partial charge in [0.25, 0.3) is 0 Å². The second kappa shape index (κ2) is 7.64. The molecule has 0 radical (unpaired) electrons. The zero-order valence-electron chi connectivity index (χ0n) is 12.9. The van der Waals surface area contributed by atoms with Crippen LogP contribution in [-0.2, 0) is 14.8 Å². The first kappa shape index (κ1) is 19.2. The van der Waals surface area contributed by atoms with E-state index in [4.69, 9.17) is 23.2 Å². The van der Waals surface area contributed by atoms with Crippen LogP contribution in [0.1, 0.15) is 20.3 Å². The predicted molar refractivity (Wildman–Crippen MR) is 88.7 cm³/mol. The largest absolute Gasteiger partial charge is 0.347 e. The predicted octanol–water partition coefficient (Wildman–Crippen LogP) is 2.77. The topological polar surface area (TPSA) is 66.5 Å². The van der Waals surface area contributed by atoms with E-state index in [0.717, 1.165) is 0 Å². The van der Waals surface area contributed by atoms with Crippen LogP contribution in [0, 0.1) is 5.92 Å². The quantitative estimate of drug-likeness (QED) is 0.841. The lowest BCUT2D eigenvalue weighted by Crippen LogP contribution is -2.46. The fourth-order valence-corrected chi connectivity index (χ4v) is 3.88. The molecule has 1 amide bonds. The van der Waals surface area contributed by atoms with E-state index >= 15 is 0 Å². The monoisotopic (exact) mass is 366 g/mol. The molecule has 5 nitrogen and oxygen atoms in total. The fourth-order valence-electron chi connectivity index (χ4n) is 1.92. The van der Waals surface area contributed by atoms with Gasteiger partial charge in [-0.2, -0.15) is 4.72 Å². The van der Waals surface area contributed by atoms with Gasteiger partial charge in [-0.3, -0.25) is 4.79 Å². The smallest absolute Gasteiger partial charge is 0.242 e. The molecule has 0 aliphatic heterocycles. The van der Waals surface area contributed by atoms with Crippen LogP contribution < -0.4 is 4.72 Å². The molecule has 0 aliphatic rings. The molecule has 22 heavy (non-hydrogen) atoms. The second-order valence-electron chi connectivity index (χ2n) is 5.61. The first-order chi connectivity index (χ1) is 10.0. The zero-order chi connectivity index (χ0) is 17.1. The summed E-state index contributed by atoms with van der Waals surface area (Å²) in [4.78, 5) is 13.4. The van der Waals surface area contributed by atoms with E-state index in [2.05, 4.69) is 4.72 Å². The Labute approximate surface area is 141 Å². The number of carbonyl (C=O) groups excluding carboxylic acids is 1. The fraction of sp³-hybridized carbons (Fsp3) is 0.500. The number of hydrogen-bond acceptors (Lipinski definition) is 3. The lowest BCUT2D eigenvalue weighted by Gasteiger charge is -2.23. The first-order valence-corrected chi connectivity index (χ1v) is 8.97. The van der Waals surface area contributed by atoms with Crippen molar-refractivity contribution in [3.05, 3.63) is 28.2 Å². The Bertz CT molecular complexity index is 645. The lowest BCUT2D eigenvalue weighted by atomic mass is 10.0. The van der Waals surface area contributed by atoms with Crippen molar-refractivity contribution in [3.8, 4) is 0 Å². The van der Waals surface area contributed by atoms with Gasteiger partial charge in [-0.25, -0.2) is 8.42 Å². The molecule has 0 fully saturated rings. The molecule has 0 unspecified atom stereocenters. The first-order valence-electron chi connectivity index (χ1n) is 6.73. The summed E-state index contributed by atoms with van der Waals surface area (Å²) in [6.07, 6.45) is 0.383. The Morgan fingerprint density at radius 2 is 1.86 bits per heavy atom. The van der Waals surface area contributed by atoms with Gasteiger partial charge < -0.3 is 4.90 Å². The van der Waals surface area contributed by atoms with Crippen LogP contribution in [0.25, 0.3) is 0 Å². The number of rotatable bonds is 6. The van der Waals surface area contributed by atoms with Crippen molar-refractivity contribution in [1.29, 1.82) is 0 Å². The van der Waals surface area contributed by atoms with E-state index in [1.54, 1.807) is 14.1 Å². The van der Waals surface area contributed by atoms with Crippen LogP contribution in [0.5, 0.6) is 0 Å². The summed E-state index contributed by atoms with van der Waals surface area (Å²) in [5.41, 5.74) is 0. The van der Waals surface area contributed by atoms with Crippen LogP contribution >= 0.6 is 23.2 Å². The molecular formula is C14H20Cl2N2O3S. The summed E-state index contributed by atoms with van der Waals surface area (Å²) in [5, 5.41) is 0.307. The number of nitrogens with one attached hydrogen (secondary N) is 1. The van der Waals surface area contributed by atoms with Crippen LogP contribution in [0.15, 0.2) is 23.1 Å². The maximum absolute atomic E-state index is 12.5. The second-order valence-corrected chi connectivity index (χ2v) is 8.14. The van der Waals surface area contributed by atoms with E-state index < -0.39 is 16.1 Å². The standard InChI is InChI=1S/C14H20Cl2N2O3S/c1-9(2)7-12(14(19)18(3)4)17-22(20,21)13-8-10(15)5-6-11(13)16/h5-6,8-9,12,17H,7H2,1-4H3/t12-/m0/s1. The molecule has 0 spiro atoms. The highest BCUT2D eigenvalue weighted by atomic mass is 35.5. The average molecular weight is 367 g/mol. The third kappa shape index (κ3) is 5.12. The number of nitrogens with zero attached hydrogens (tertiary/aromatic N) is 1. The van der Waals surface area contributed by atoms with Crippen molar-refractivity contribution in [2.75, 3.05) is 14.1 Å². The highest BCUT2D eigenvalue weighted by Gasteiger charge is 2.28. The summed E-state index contributed by atoms with van der Waals surface area (Å²) in [5.74, 6) is -0.165. The molecule has 1 aromatic carbocycles. The van der Waals surface area contributed by atoms with Gasteiger partial charge >= 0.3 is 0 Å². The summed E-state index contributed by atoms with van der Waals surface area (Å²) < 4.78 is 27.4. The highest BCUT2D eigenvalue weighted by Crippen LogP contribution is 2.25. The summed E-state index contributed by atoms with van der Waals surface area (Å²) in [7, 11) is -0.791. The maximum Gasteiger partial charge on any atom is 0.242 e. The molecule has 1 aromatic rings. The van der Waals surface area contributed by atoms with Crippen LogP contribution in [0.2, 0.25) is 10.0 Å². The number of likely N-dealkylation sites (N-methyl/N-ethyl adjacent to an activating group) is 1. The molecule has 0 saturated heterocycles. The van der Waals surface area contributed by atoms with E-state index in [0.29, 0.717) is 6.42 Å². The van der Waals surface area contributed by atoms with Crippen molar-refractivity contribution in [1.82, 2.24) is 9.62 Å². The third-order valence-electron chi connectivity index (χ3n) is 2.93. The van der Waals surface area contributed by atoms with Crippen molar-refractivity contribution < 1.29 is 13.2 Å². The molecule has 124 valence electrons. The molecule has 0 aliphatic carbocycles. The van der Waals surface area contributed by atoms with Gasteiger partial charge in [0.05, 0.1) is 5.02 Å². The van der Waals surface area contributed by atoms with Crippen molar-refractivity contribution in [3.63, 3.8) is 0 Å². The molecule has 1 atom stereocenters. The number of benzene rings is 1. The SMILES string of the molecule is CC(C)C[C@H](NS(=O)(=O)c1cc(Cl)ccc1Cl)C(=O)N(C)C. The maximum atomic E-state index is 12.5. The van der Waals surface area contributed by atoms with Gasteiger partial charge in [0.15, 0.2) is 0 Å². The van der Waals surface area contributed by atoms with Crippen molar-refractivity contribution >= 4 is 39.1 Å². The van der Waals surface area contributed by atoms with E-state index in [9.17, 15) is 13.2 Å². The minimum atomic E-state index is -3.95. The van der Waals surface area contributed by atoms with E-state index in [1.807, 2.05) is 13.8 Å². The molecule has 0 heterocycles. The Kier molecular flexibility index (Phi) is 6.67. The average Bonchev–Trinajstić information content (AvgIpc) is 2.38. The Morgan fingerprint density at radius 3 is 2.36 bits per heavy atom. The molecule has 0 bridgehead atoms. The van der Waals surface area contributed by atoms with Gasteiger partial charge in [-0.1, -0.05) is 37.0 Å². The lowest BCUT2D eigenvalue weighted by molar-refractivity contribution is -0.130. The Hall–Kier alpha value is -0.820.